The number of carbonyl (C=O) groups excluding carboxylic acids is 2. The van der Waals surface area contributed by atoms with Gasteiger partial charge >= 0.3 is 0 Å². The molecule has 2 aromatic carbocycles. The minimum atomic E-state index is -0.331. The topological polar surface area (TPSA) is 70.6 Å². The van der Waals surface area contributed by atoms with E-state index in [1.807, 2.05) is 5.38 Å². The van der Waals surface area contributed by atoms with Crippen LogP contribution in [0.5, 0.6) is 0 Å². The highest BCUT2D eigenvalue weighted by molar-refractivity contribution is 7.12. The standard InChI is InChI=1S/C20H15Cl2N3O2S/c1-12(24-25-20(27)18-3-2-10-28-18)13-4-7-15(8-5-13)23-19(26)16-9-6-14(21)11-17(16)22/h2-11H,1H3,(H,23,26)(H,25,27). The summed E-state index contributed by atoms with van der Waals surface area (Å²) in [4.78, 5) is 24.9. The minimum Gasteiger partial charge on any atom is -0.322 e. The average Bonchev–Trinajstić information content (AvgIpc) is 3.21. The molecule has 0 radical (unpaired) electrons. The van der Waals surface area contributed by atoms with Crippen LogP contribution >= 0.6 is 34.5 Å². The number of nitrogens with one attached hydrogen (secondary N) is 2. The quantitative estimate of drug-likeness (QED) is 0.415. The second-order valence-corrected chi connectivity index (χ2v) is 7.56. The van der Waals surface area contributed by atoms with Gasteiger partial charge in [-0.25, -0.2) is 5.43 Å². The number of anilines is 1. The summed E-state index contributed by atoms with van der Waals surface area (Å²) >= 11 is 13.3. The third-order valence-electron chi connectivity index (χ3n) is 3.81. The van der Waals surface area contributed by atoms with Crippen molar-refractivity contribution in [1.82, 2.24) is 5.43 Å². The Balaban J connectivity index is 1.64. The molecule has 0 unspecified atom stereocenters. The molecule has 1 aromatic heterocycles. The van der Waals surface area contributed by atoms with Crippen LogP contribution in [0.3, 0.4) is 0 Å². The van der Waals surface area contributed by atoms with Crippen LogP contribution in [0.4, 0.5) is 5.69 Å². The zero-order valence-electron chi connectivity index (χ0n) is 14.7. The Morgan fingerprint density at radius 2 is 1.75 bits per heavy atom. The first kappa shape index (κ1) is 20.1. The van der Waals surface area contributed by atoms with Crippen molar-refractivity contribution in [1.29, 1.82) is 0 Å². The van der Waals surface area contributed by atoms with Crippen molar-refractivity contribution in [3.63, 3.8) is 0 Å². The zero-order chi connectivity index (χ0) is 20.1. The molecule has 0 saturated heterocycles. The molecular formula is C20H15Cl2N3O2S. The molecule has 8 heteroatoms. The SMILES string of the molecule is CC(=NNC(=O)c1cccs1)c1ccc(NC(=O)c2ccc(Cl)cc2Cl)cc1. The summed E-state index contributed by atoms with van der Waals surface area (Å²) in [6.45, 7) is 1.79. The molecule has 28 heavy (non-hydrogen) atoms. The third-order valence-corrected chi connectivity index (χ3v) is 5.22. The maximum atomic E-state index is 12.3. The van der Waals surface area contributed by atoms with Gasteiger partial charge in [-0.2, -0.15) is 5.10 Å². The van der Waals surface area contributed by atoms with Crippen molar-refractivity contribution >= 4 is 57.8 Å². The highest BCUT2D eigenvalue weighted by Crippen LogP contribution is 2.22. The average molecular weight is 432 g/mol. The summed E-state index contributed by atoms with van der Waals surface area (Å²) in [7, 11) is 0. The lowest BCUT2D eigenvalue weighted by Gasteiger charge is -2.08. The molecule has 2 N–H and O–H groups in total. The van der Waals surface area contributed by atoms with Crippen molar-refractivity contribution in [2.75, 3.05) is 5.32 Å². The Morgan fingerprint density at radius 1 is 1.00 bits per heavy atom. The van der Waals surface area contributed by atoms with Gasteiger partial charge in [0.15, 0.2) is 0 Å². The van der Waals surface area contributed by atoms with Crippen LogP contribution in [-0.4, -0.2) is 17.5 Å². The molecule has 5 nitrogen and oxygen atoms in total. The number of halogens is 2. The molecule has 142 valence electrons. The number of thiophene rings is 1. The molecule has 0 aliphatic rings. The van der Waals surface area contributed by atoms with Crippen LogP contribution in [-0.2, 0) is 0 Å². The van der Waals surface area contributed by atoms with E-state index in [4.69, 9.17) is 23.2 Å². The van der Waals surface area contributed by atoms with Crippen molar-refractivity contribution in [2.45, 2.75) is 6.92 Å². The molecule has 0 aliphatic carbocycles. The second kappa shape index (κ2) is 9.01. The fourth-order valence-electron chi connectivity index (χ4n) is 2.33. The fourth-order valence-corrected chi connectivity index (χ4v) is 3.44. The Labute approximate surface area is 176 Å². The van der Waals surface area contributed by atoms with Gasteiger partial charge in [-0.05, 0) is 54.3 Å². The van der Waals surface area contributed by atoms with Gasteiger partial charge in [0.2, 0.25) is 0 Å². The first-order chi connectivity index (χ1) is 13.4. The zero-order valence-corrected chi connectivity index (χ0v) is 17.0. The van der Waals surface area contributed by atoms with Crippen LogP contribution in [0.1, 0.15) is 32.5 Å². The van der Waals surface area contributed by atoms with E-state index in [2.05, 4.69) is 15.8 Å². The number of hydrazone groups is 1. The van der Waals surface area contributed by atoms with Crippen molar-refractivity contribution in [3.8, 4) is 0 Å². The Kier molecular flexibility index (Phi) is 6.46. The van der Waals surface area contributed by atoms with E-state index in [0.717, 1.165) is 5.56 Å². The molecule has 1 heterocycles. The number of carbonyl (C=O) groups is 2. The lowest BCUT2D eigenvalue weighted by Crippen LogP contribution is -2.18. The van der Waals surface area contributed by atoms with E-state index in [1.165, 1.54) is 17.4 Å². The van der Waals surface area contributed by atoms with Crippen molar-refractivity contribution in [2.24, 2.45) is 5.10 Å². The molecule has 0 atom stereocenters. The Bertz CT molecular complexity index is 1030. The van der Waals surface area contributed by atoms with Gasteiger partial charge in [0.05, 0.1) is 21.2 Å². The smallest absolute Gasteiger partial charge is 0.281 e. The van der Waals surface area contributed by atoms with E-state index < -0.39 is 0 Å². The molecule has 3 aromatic rings. The third kappa shape index (κ3) is 4.98. The lowest BCUT2D eigenvalue weighted by atomic mass is 10.1. The van der Waals surface area contributed by atoms with E-state index in [0.29, 0.717) is 26.9 Å². The number of hydrogen-bond acceptors (Lipinski definition) is 4. The Morgan fingerprint density at radius 3 is 2.39 bits per heavy atom. The predicted molar refractivity (Wildman–Crippen MR) is 115 cm³/mol. The summed E-state index contributed by atoms with van der Waals surface area (Å²) in [6.07, 6.45) is 0. The highest BCUT2D eigenvalue weighted by atomic mass is 35.5. The van der Waals surface area contributed by atoms with Crippen molar-refractivity contribution in [3.05, 3.63) is 86.0 Å². The van der Waals surface area contributed by atoms with Gasteiger partial charge in [-0.15, -0.1) is 11.3 Å². The van der Waals surface area contributed by atoms with Gasteiger partial charge in [0.1, 0.15) is 0 Å². The summed E-state index contributed by atoms with van der Waals surface area (Å²) in [5.41, 5.74) is 4.93. The van der Waals surface area contributed by atoms with Crippen LogP contribution in [0.2, 0.25) is 10.0 Å². The molecular weight excluding hydrogens is 417 g/mol. The normalized spacial score (nSPS) is 11.2. The summed E-state index contributed by atoms with van der Waals surface area (Å²) < 4.78 is 0. The van der Waals surface area contributed by atoms with Crippen LogP contribution in [0.15, 0.2) is 65.1 Å². The van der Waals surface area contributed by atoms with E-state index in [-0.39, 0.29) is 16.8 Å². The number of amides is 2. The number of rotatable bonds is 5. The molecule has 0 spiro atoms. The summed E-state index contributed by atoms with van der Waals surface area (Å²) in [6, 6.07) is 15.3. The van der Waals surface area contributed by atoms with E-state index in [1.54, 1.807) is 55.5 Å². The molecule has 0 saturated carbocycles. The van der Waals surface area contributed by atoms with Crippen LogP contribution < -0.4 is 10.7 Å². The fraction of sp³-hybridized carbons (Fsp3) is 0.0500. The first-order valence-corrected chi connectivity index (χ1v) is 9.82. The number of nitrogens with zero attached hydrogens (tertiary/aromatic N) is 1. The van der Waals surface area contributed by atoms with E-state index >= 15 is 0 Å². The number of hydrogen-bond donors (Lipinski definition) is 2. The van der Waals surface area contributed by atoms with Gasteiger partial charge in [0, 0.05) is 10.7 Å². The Hall–Kier alpha value is -2.67. The second-order valence-electron chi connectivity index (χ2n) is 5.77. The molecule has 0 aliphatic heterocycles. The minimum absolute atomic E-state index is 0.252. The largest absolute Gasteiger partial charge is 0.322 e. The van der Waals surface area contributed by atoms with Crippen LogP contribution in [0, 0.1) is 0 Å². The van der Waals surface area contributed by atoms with Gasteiger partial charge in [-0.1, -0.05) is 41.4 Å². The van der Waals surface area contributed by atoms with Gasteiger partial charge in [0.25, 0.3) is 11.8 Å². The maximum Gasteiger partial charge on any atom is 0.281 e. The summed E-state index contributed by atoms with van der Waals surface area (Å²) in [5, 5.41) is 9.47. The summed E-state index contributed by atoms with van der Waals surface area (Å²) in [5.74, 6) is -0.582. The predicted octanol–water partition coefficient (Wildman–Crippen LogP) is 5.46. The maximum absolute atomic E-state index is 12.3. The highest BCUT2D eigenvalue weighted by Gasteiger charge is 2.11. The lowest BCUT2D eigenvalue weighted by molar-refractivity contribution is 0.0958. The van der Waals surface area contributed by atoms with E-state index in [9.17, 15) is 9.59 Å². The van der Waals surface area contributed by atoms with Gasteiger partial charge < -0.3 is 5.32 Å². The number of benzene rings is 2. The van der Waals surface area contributed by atoms with Gasteiger partial charge in [-0.3, -0.25) is 9.59 Å². The monoisotopic (exact) mass is 431 g/mol. The molecule has 0 fully saturated rings. The van der Waals surface area contributed by atoms with Crippen LogP contribution in [0.25, 0.3) is 0 Å². The first-order valence-electron chi connectivity index (χ1n) is 8.19. The molecule has 2 amide bonds. The molecule has 3 rings (SSSR count). The molecule has 0 bridgehead atoms. The van der Waals surface area contributed by atoms with Crippen molar-refractivity contribution < 1.29 is 9.59 Å².